The lowest BCUT2D eigenvalue weighted by Crippen LogP contribution is -2.35. The van der Waals surface area contributed by atoms with Crippen LogP contribution in [-0.4, -0.2) is 27.5 Å². The summed E-state index contributed by atoms with van der Waals surface area (Å²) < 4.78 is 0. The quantitative estimate of drug-likeness (QED) is 0.839. The summed E-state index contributed by atoms with van der Waals surface area (Å²) in [5, 5.41) is 8.17. The molecule has 1 aliphatic heterocycles. The van der Waals surface area contributed by atoms with Gasteiger partial charge in [0.1, 0.15) is 0 Å². The smallest absolute Gasteiger partial charge is 0.285 e. The van der Waals surface area contributed by atoms with E-state index in [1.54, 1.807) is 4.90 Å². The van der Waals surface area contributed by atoms with Crippen LogP contribution in [-0.2, 0) is 13.0 Å². The molecule has 1 amide bonds. The summed E-state index contributed by atoms with van der Waals surface area (Å²) in [7, 11) is 0. The van der Waals surface area contributed by atoms with Gasteiger partial charge >= 0.3 is 0 Å². The monoisotopic (exact) mass is 260 g/mol. The summed E-state index contributed by atoms with van der Waals surface area (Å²) in [6.07, 6.45) is 0.885. The Hall–Kier alpha value is -1.95. The van der Waals surface area contributed by atoms with Crippen molar-refractivity contribution in [1.82, 2.24) is 15.1 Å². The molecule has 2 aromatic rings. The van der Waals surface area contributed by atoms with E-state index < -0.39 is 0 Å². The van der Waals surface area contributed by atoms with Crippen LogP contribution in [0.4, 0.5) is 5.13 Å². The summed E-state index contributed by atoms with van der Waals surface area (Å²) >= 11 is 1.14. The van der Waals surface area contributed by atoms with Crippen molar-refractivity contribution in [2.75, 3.05) is 12.3 Å². The lowest BCUT2D eigenvalue weighted by atomic mass is 10.00. The Kier molecular flexibility index (Phi) is 2.71. The minimum absolute atomic E-state index is 0.0845. The molecule has 0 atom stereocenters. The second-order valence-electron chi connectivity index (χ2n) is 4.19. The molecule has 0 unspecified atom stereocenters. The number of carbonyl (C=O) groups is 1. The normalized spacial score (nSPS) is 14.3. The van der Waals surface area contributed by atoms with Crippen molar-refractivity contribution < 1.29 is 4.79 Å². The van der Waals surface area contributed by atoms with Crippen LogP contribution < -0.4 is 5.73 Å². The SMILES string of the molecule is Nc1nnc(C(=O)N2CCc3ccccc3C2)s1. The lowest BCUT2D eigenvalue weighted by Gasteiger charge is -2.27. The number of rotatable bonds is 1. The van der Waals surface area contributed by atoms with Gasteiger partial charge in [-0.2, -0.15) is 0 Å². The molecular weight excluding hydrogens is 248 g/mol. The highest BCUT2D eigenvalue weighted by atomic mass is 32.1. The van der Waals surface area contributed by atoms with Crippen LogP contribution in [0.5, 0.6) is 0 Å². The van der Waals surface area contributed by atoms with Crippen LogP contribution in [0.3, 0.4) is 0 Å². The maximum atomic E-state index is 12.2. The van der Waals surface area contributed by atoms with Gasteiger partial charge in [-0.3, -0.25) is 4.79 Å². The molecule has 1 aromatic carbocycles. The average molecular weight is 260 g/mol. The Morgan fingerprint density at radius 2 is 2.06 bits per heavy atom. The fraction of sp³-hybridized carbons (Fsp3) is 0.250. The maximum Gasteiger partial charge on any atom is 0.285 e. The highest BCUT2D eigenvalue weighted by Gasteiger charge is 2.23. The lowest BCUT2D eigenvalue weighted by molar-refractivity contribution is 0.0733. The number of anilines is 1. The van der Waals surface area contributed by atoms with Gasteiger partial charge < -0.3 is 10.6 Å². The summed E-state index contributed by atoms with van der Waals surface area (Å²) in [5.41, 5.74) is 8.02. The summed E-state index contributed by atoms with van der Waals surface area (Å²) in [6, 6.07) is 8.20. The molecule has 18 heavy (non-hydrogen) atoms. The van der Waals surface area contributed by atoms with E-state index in [9.17, 15) is 4.79 Å². The number of benzene rings is 1. The number of nitrogens with two attached hydrogens (primary N) is 1. The van der Waals surface area contributed by atoms with Gasteiger partial charge in [0.15, 0.2) is 0 Å². The first-order valence-electron chi connectivity index (χ1n) is 5.69. The summed E-state index contributed by atoms with van der Waals surface area (Å²) in [4.78, 5) is 14.0. The average Bonchev–Trinajstić information content (AvgIpc) is 2.84. The van der Waals surface area contributed by atoms with Crippen molar-refractivity contribution >= 4 is 22.4 Å². The van der Waals surface area contributed by atoms with Crippen LogP contribution in [0, 0.1) is 0 Å². The van der Waals surface area contributed by atoms with Gasteiger partial charge in [-0.15, -0.1) is 10.2 Å². The molecular formula is C12H12N4OS. The first kappa shape index (κ1) is 11.2. The van der Waals surface area contributed by atoms with E-state index in [0.29, 0.717) is 16.7 Å². The fourth-order valence-corrected chi connectivity index (χ4v) is 2.70. The number of fused-ring (bicyclic) bond motifs is 1. The van der Waals surface area contributed by atoms with Crippen LogP contribution >= 0.6 is 11.3 Å². The number of nitrogens with zero attached hydrogens (tertiary/aromatic N) is 3. The first-order chi connectivity index (χ1) is 8.74. The number of hydrogen-bond acceptors (Lipinski definition) is 5. The van der Waals surface area contributed by atoms with E-state index in [0.717, 1.165) is 24.3 Å². The Balaban J connectivity index is 1.82. The minimum atomic E-state index is -0.0845. The van der Waals surface area contributed by atoms with Crippen molar-refractivity contribution in [2.45, 2.75) is 13.0 Å². The van der Waals surface area contributed by atoms with Gasteiger partial charge in [-0.05, 0) is 17.5 Å². The number of aromatic nitrogens is 2. The molecule has 0 radical (unpaired) electrons. The third-order valence-corrected chi connectivity index (χ3v) is 3.78. The molecule has 0 saturated heterocycles. The van der Waals surface area contributed by atoms with Gasteiger partial charge in [0.25, 0.3) is 5.91 Å². The summed E-state index contributed by atoms with van der Waals surface area (Å²) in [6.45, 7) is 1.35. The molecule has 0 spiro atoms. The van der Waals surface area contributed by atoms with E-state index in [-0.39, 0.29) is 5.91 Å². The van der Waals surface area contributed by atoms with Crippen molar-refractivity contribution in [2.24, 2.45) is 0 Å². The number of hydrogen-bond donors (Lipinski definition) is 1. The molecule has 92 valence electrons. The topological polar surface area (TPSA) is 72.1 Å². The van der Waals surface area contributed by atoms with Crippen molar-refractivity contribution in [3.63, 3.8) is 0 Å². The van der Waals surface area contributed by atoms with E-state index in [4.69, 9.17) is 5.73 Å². The van der Waals surface area contributed by atoms with Gasteiger partial charge in [-0.25, -0.2) is 0 Å². The zero-order valence-corrected chi connectivity index (χ0v) is 10.5. The third kappa shape index (κ3) is 1.95. The molecule has 3 rings (SSSR count). The molecule has 0 fully saturated rings. The van der Waals surface area contributed by atoms with E-state index in [1.165, 1.54) is 11.1 Å². The first-order valence-corrected chi connectivity index (χ1v) is 6.51. The highest BCUT2D eigenvalue weighted by Crippen LogP contribution is 2.21. The van der Waals surface area contributed by atoms with E-state index in [1.807, 2.05) is 12.1 Å². The van der Waals surface area contributed by atoms with Crippen LogP contribution in [0.25, 0.3) is 0 Å². The van der Waals surface area contributed by atoms with Crippen LogP contribution in [0.1, 0.15) is 20.9 Å². The van der Waals surface area contributed by atoms with Crippen molar-refractivity contribution in [3.05, 3.63) is 40.4 Å². The van der Waals surface area contributed by atoms with Gasteiger partial charge in [0, 0.05) is 13.1 Å². The predicted molar refractivity (Wildman–Crippen MR) is 69.2 cm³/mol. The third-order valence-electron chi connectivity index (χ3n) is 3.04. The molecule has 1 aliphatic rings. The zero-order valence-electron chi connectivity index (χ0n) is 9.67. The Morgan fingerprint density at radius 3 is 2.78 bits per heavy atom. The van der Waals surface area contributed by atoms with Crippen LogP contribution in [0.15, 0.2) is 24.3 Å². The second kappa shape index (κ2) is 4.38. The molecule has 0 saturated carbocycles. The second-order valence-corrected chi connectivity index (χ2v) is 5.20. The largest absolute Gasteiger partial charge is 0.374 e. The van der Waals surface area contributed by atoms with E-state index in [2.05, 4.69) is 22.3 Å². The molecule has 6 heteroatoms. The molecule has 2 N–H and O–H groups in total. The fourth-order valence-electron chi connectivity index (χ4n) is 2.13. The Bertz CT molecular complexity index is 595. The Morgan fingerprint density at radius 1 is 1.28 bits per heavy atom. The van der Waals surface area contributed by atoms with Crippen molar-refractivity contribution in [3.8, 4) is 0 Å². The van der Waals surface area contributed by atoms with Gasteiger partial charge in [0.05, 0.1) is 0 Å². The number of carbonyl (C=O) groups excluding carboxylic acids is 1. The standard InChI is InChI=1S/C12H12N4OS/c13-12-15-14-10(18-12)11(17)16-6-5-8-3-1-2-4-9(8)7-16/h1-4H,5-7H2,(H2,13,15). The summed E-state index contributed by atoms with van der Waals surface area (Å²) in [5.74, 6) is -0.0845. The predicted octanol–water partition coefficient (Wildman–Crippen LogP) is 1.32. The highest BCUT2D eigenvalue weighted by molar-refractivity contribution is 7.16. The molecule has 0 bridgehead atoms. The molecule has 5 nitrogen and oxygen atoms in total. The minimum Gasteiger partial charge on any atom is -0.374 e. The van der Waals surface area contributed by atoms with E-state index >= 15 is 0 Å². The number of amides is 1. The van der Waals surface area contributed by atoms with Crippen molar-refractivity contribution in [1.29, 1.82) is 0 Å². The maximum absolute atomic E-state index is 12.2. The van der Waals surface area contributed by atoms with Crippen LogP contribution in [0.2, 0.25) is 0 Å². The number of nitrogen functional groups attached to an aromatic ring is 1. The molecule has 2 heterocycles. The Labute approximate surface area is 108 Å². The van der Waals surface area contributed by atoms with Gasteiger partial charge in [-0.1, -0.05) is 35.6 Å². The molecule has 0 aliphatic carbocycles. The van der Waals surface area contributed by atoms with Gasteiger partial charge in [0.2, 0.25) is 10.1 Å². The zero-order chi connectivity index (χ0) is 12.5. The molecule has 1 aromatic heterocycles.